The Morgan fingerprint density at radius 3 is 2.70 bits per heavy atom. The number of nitrogens with zero attached hydrogens (tertiary/aromatic N) is 1. The highest BCUT2D eigenvalue weighted by Crippen LogP contribution is 2.23. The van der Waals surface area contributed by atoms with E-state index < -0.39 is 5.54 Å². The zero-order chi connectivity index (χ0) is 15.0. The Kier molecular flexibility index (Phi) is 7.52. The Morgan fingerprint density at radius 2 is 2.10 bits per heavy atom. The minimum absolute atomic E-state index is 0.118. The summed E-state index contributed by atoms with van der Waals surface area (Å²) in [4.78, 5) is 14.7. The van der Waals surface area contributed by atoms with E-state index in [1.807, 2.05) is 13.8 Å². The van der Waals surface area contributed by atoms with Gasteiger partial charge in [0.05, 0.1) is 6.61 Å². The normalized spacial score (nSPS) is 22.7. The Bertz CT molecular complexity index is 296. The summed E-state index contributed by atoms with van der Waals surface area (Å²) in [6.45, 7) is 12.5. The molecule has 1 aliphatic heterocycles. The van der Waals surface area contributed by atoms with Crippen LogP contribution in [0.5, 0.6) is 0 Å². The van der Waals surface area contributed by atoms with Crippen LogP contribution in [0.15, 0.2) is 0 Å². The zero-order valence-electron chi connectivity index (χ0n) is 13.7. The van der Waals surface area contributed by atoms with E-state index in [0.717, 1.165) is 38.5 Å². The molecular weight excluding hydrogens is 252 g/mol. The topological polar surface area (TPSA) is 41.6 Å². The molecule has 118 valence electrons. The lowest BCUT2D eigenvalue weighted by Gasteiger charge is -2.32. The van der Waals surface area contributed by atoms with E-state index in [4.69, 9.17) is 4.74 Å². The molecule has 0 aromatic rings. The van der Waals surface area contributed by atoms with Gasteiger partial charge in [-0.3, -0.25) is 4.79 Å². The Morgan fingerprint density at radius 1 is 1.35 bits per heavy atom. The number of esters is 1. The summed E-state index contributed by atoms with van der Waals surface area (Å²) in [6, 6.07) is 0. The van der Waals surface area contributed by atoms with Crippen molar-refractivity contribution in [2.24, 2.45) is 5.92 Å². The standard InChI is InChI=1S/C16H32N2O2/c1-5-8-14-9-11-18(12-14)13-16(4,17-10-6-2)15(19)20-7-3/h14,17H,5-13H2,1-4H3. The summed E-state index contributed by atoms with van der Waals surface area (Å²) in [7, 11) is 0. The van der Waals surface area contributed by atoms with Gasteiger partial charge in [-0.25, -0.2) is 0 Å². The van der Waals surface area contributed by atoms with Crippen LogP contribution in [0, 0.1) is 5.92 Å². The summed E-state index contributed by atoms with van der Waals surface area (Å²) in [5.74, 6) is 0.685. The van der Waals surface area contributed by atoms with E-state index in [0.29, 0.717) is 6.61 Å². The molecule has 1 N–H and O–H groups in total. The maximum atomic E-state index is 12.3. The number of carbonyl (C=O) groups excluding carboxylic acids is 1. The highest BCUT2D eigenvalue weighted by atomic mass is 16.5. The first kappa shape index (κ1) is 17.4. The van der Waals surface area contributed by atoms with Gasteiger partial charge in [0.25, 0.3) is 0 Å². The third-order valence-electron chi connectivity index (χ3n) is 4.10. The van der Waals surface area contributed by atoms with Crippen LogP contribution >= 0.6 is 0 Å². The van der Waals surface area contributed by atoms with Crippen molar-refractivity contribution in [1.29, 1.82) is 0 Å². The molecular formula is C16H32N2O2. The predicted octanol–water partition coefficient (Wildman–Crippen LogP) is 2.43. The average Bonchev–Trinajstić information content (AvgIpc) is 2.84. The van der Waals surface area contributed by atoms with Gasteiger partial charge >= 0.3 is 5.97 Å². The largest absolute Gasteiger partial charge is 0.465 e. The highest BCUT2D eigenvalue weighted by molar-refractivity contribution is 5.80. The molecule has 0 saturated carbocycles. The second-order valence-electron chi connectivity index (χ2n) is 6.16. The zero-order valence-corrected chi connectivity index (χ0v) is 13.7. The first-order chi connectivity index (χ1) is 9.55. The van der Waals surface area contributed by atoms with Crippen molar-refractivity contribution in [2.75, 3.05) is 32.8 Å². The van der Waals surface area contributed by atoms with Crippen LogP contribution in [0.3, 0.4) is 0 Å². The molecule has 1 fully saturated rings. The second-order valence-corrected chi connectivity index (χ2v) is 6.16. The van der Waals surface area contributed by atoms with Gasteiger partial charge in [0, 0.05) is 13.1 Å². The fourth-order valence-electron chi connectivity index (χ4n) is 3.03. The van der Waals surface area contributed by atoms with Crippen LogP contribution in [-0.4, -0.2) is 49.2 Å². The number of nitrogens with one attached hydrogen (secondary N) is 1. The average molecular weight is 284 g/mol. The van der Waals surface area contributed by atoms with Gasteiger partial charge in [-0.1, -0.05) is 20.3 Å². The fourth-order valence-corrected chi connectivity index (χ4v) is 3.03. The highest BCUT2D eigenvalue weighted by Gasteiger charge is 2.37. The Balaban J connectivity index is 2.58. The van der Waals surface area contributed by atoms with Gasteiger partial charge in [-0.05, 0) is 52.1 Å². The Hall–Kier alpha value is -0.610. The van der Waals surface area contributed by atoms with Crippen LogP contribution in [0.1, 0.15) is 53.4 Å². The third-order valence-corrected chi connectivity index (χ3v) is 4.10. The molecule has 2 atom stereocenters. The monoisotopic (exact) mass is 284 g/mol. The smallest absolute Gasteiger partial charge is 0.327 e. The maximum absolute atomic E-state index is 12.3. The van der Waals surface area contributed by atoms with Crippen molar-refractivity contribution >= 4 is 5.97 Å². The van der Waals surface area contributed by atoms with Crippen molar-refractivity contribution in [3.05, 3.63) is 0 Å². The van der Waals surface area contributed by atoms with Gasteiger partial charge in [-0.2, -0.15) is 0 Å². The summed E-state index contributed by atoms with van der Waals surface area (Å²) < 4.78 is 5.26. The lowest BCUT2D eigenvalue weighted by atomic mass is 10.0. The molecule has 4 heteroatoms. The van der Waals surface area contributed by atoms with Crippen molar-refractivity contribution in [1.82, 2.24) is 10.2 Å². The minimum atomic E-state index is -0.576. The fraction of sp³-hybridized carbons (Fsp3) is 0.938. The van der Waals surface area contributed by atoms with E-state index in [9.17, 15) is 4.79 Å². The molecule has 1 aliphatic rings. The molecule has 0 aliphatic carbocycles. The van der Waals surface area contributed by atoms with Crippen LogP contribution in [-0.2, 0) is 9.53 Å². The minimum Gasteiger partial charge on any atom is -0.465 e. The van der Waals surface area contributed by atoms with Gasteiger partial charge < -0.3 is 15.0 Å². The van der Waals surface area contributed by atoms with Crippen molar-refractivity contribution in [3.8, 4) is 0 Å². The number of hydrogen-bond donors (Lipinski definition) is 1. The van der Waals surface area contributed by atoms with Crippen LogP contribution in [0.2, 0.25) is 0 Å². The van der Waals surface area contributed by atoms with Crippen molar-refractivity contribution < 1.29 is 9.53 Å². The molecule has 0 bridgehead atoms. The molecule has 0 radical (unpaired) electrons. The van der Waals surface area contributed by atoms with Crippen LogP contribution in [0.25, 0.3) is 0 Å². The first-order valence-corrected chi connectivity index (χ1v) is 8.20. The molecule has 1 heterocycles. The second kappa shape index (κ2) is 8.63. The summed E-state index contributed by atoms with van der Waals surface area (Å²) in [5, 5.41) is 3.39. The molecule has 0 spiro atoms. The number of carbonyl (C=O) groups is 1. The van der Waals surface area contributed by atoms with E-state index in [2.05, 4.69) is 24.1 Å². The third kappa shape index (κ3) is 5.06. The van der Waals surface area contributed by atoms with E-state index in [-0.39, 0.29) is 5.97 Å². The summed E-state index contributed by atoms with van der Waals surface area (Å²) >= 11 is 0. The number of ether oxygens (including phenoxy) is 1. The first-order valence-electron chi connectivity index (χ1n) is 8.20. The van der Waals surface area contributed by atoms with Crippen LogP contribution in [0.4, 0.5) is 0 Å². The van der Waals surface area contributed by atoms with Gasteiger partial charge in [0.2, 0.25) is 0 Å². The summed E-state index contributed by atoms with van der Waals surface area (Å²) in [6.07, 6.45) is 4.84. The van der Waals surface area contributed by atoms with Gasteiger partial charge in [0.15, 0.2) is 0 Å². The molecule has 0 aromatic heterocycles. The van der Waals surface area contributed by atoms with Gasteiger partial charge in [-0.15, -0.1) is 0 Å². The predicted molar refractivity (Wildman–Crippen MR) is 82.8 cm³/mol. The van der Waals surface area contributed by atoms with Gasteiger partial charge in [0.1, 0.15) is 5.54 Å². The molecule has 4 nitrogen and oxygen atoms in total. The van der Waals surface area contributed by atoms with Crippen molar-refractivity contribution in [3.63, 3.8) is 0 Å². The lowest BCUT2D eigenvalue weighted by Crippen LogP contribution is -2.57. The van der Waals surface area contributed by atoms with E-state index in [1.165, 1.54) is 19.3 Å². The number of likely N-dealkylation sites (tertiary alicyclic amines) is 1. The quantitative estimate of drug-likeness (QED) is 0.660. The lowest BCUT2D eigenvalue weighted by molar-refractivity contribution is -0.151. The van der Waals surface area contributed by atoms with E-state index >= 15 is 0 Å². The van der Waals surface area contributed by atoms with Crippen LogP contribution < -0.4 is 5.32 Å². The van der Waals surface area contributed by atoms with Crippen molar-refractivity contribution in [2.45, 2.75) is 58.9 Å². The Labute approximate surface area is 124 Å². The number of rotatable bonds is 9. The number of hydrogen-bond acceptors (Lipinski definition) is 4. The summed E-state index contributed by atoms with van der Waals surface area (Å²) in [5.41, 5.74) is -0.576. The molecule has 20 heavy (non-hydrogen) atoms. The SMILES string of the molecule is CCCNC(C)(CN1CCC(CCC)C1)C(=O)OCC. The maximum Gasteiger partial charge on any atom is 0.327 e. The molecule has 0 aromatic carbocycles. The molecule has 1 rings (SSSR count). The molecule has 0 amide bonds. The van der Waals surface area contributed by atoms with E-state index in [1.54, 1.807) is 0 Å². The molecule has 2 unspecified atom stereocenters. The molecule has 1 saturated heterocycles.